The zero-order chi connectivity index (χ0) is 13.3. The molecule has 1 heterocycles. The van der Waals surface area contributed by atoms with E-state index in [9.17, 15) is 9.18 Å². The minimum atomic E-state index is -1.09. The standard InChI is InChI=1S/C12H13FN2O2S/c1-12(10(14)16)11(17-2)18-9(15-12)7-3-5-8(13)6-4-7/h3-6,11H,1-2H3,(H2,14,16)/t11?,12-/m1/s1. The first-order valence-electron chi connectivity index (χ1n) is 5.32. The summed E-state index contributed by atoms with van der Waals surface area (Å²) in [5, 5.41) is 0.628. The van der Waals surface area contributed by atoms with Crippen molar-refractivity contribution in [2.45, 2.75) is 17.9 Å². The SMILES string of the molecule is COC1SC(c2ccc(F)cc2)=N[C@]1(C)C(N)=O. The van der Waals surface area contributed by atoms with Crippen LogP contribution in [0.4, 0.5) is 4.39 Å². The maximum atomic E-state index is 12.9. The summed E-state index contributed by atoms with van der Waals surface area (Å²) in [5.74, 6) is -0.859. The summed E-state index contributed by atoms with van der Waals surface area (Å²) in [6, 6.07) is 5.92. The molecule has 0 aromatic heterocycles. The topological polar surface area (TPSA) is 64.7 Å². The molecule has 0 saturated carbocycles. The second-order valence-corrected chi connectivity index (χ2v) is 5.17. The van der Waals surface area contributed by atoms with Crippen molar-refractivity contribution in [1.29, 1.82) is 0 Å². The fourth-order valence-corrected chi connectivity index (χ4v) is 2.89. The van der Waals surface area contributed by atoms with Gasteiger partial charge in [-0.25, -0.2) is 4.39 Å². The number of amides is 1. The van der Waals surface area contributed by atoms with Crippen molar-refractivity contribution in [2.24, 2.45) is 10.7 Å². The van der Waals surface area contributed by atoms with E-state index < -0.39 is 16.9 Å². The Labute approximate surface area is 108 Å². The molecule has 0 radical (unpaired) electrons. The molecule has 0 saturated heterocycles. The van der Waals surface area contributed by atoms with Crippen LogP contribution < -0.4 is 5.73 Å². The molecule has 0 aliphatic carbocycles. The molecule has 18 heavy (non-hydrogen) atoms. The summed E-state index contributed by atoms with van der Waals surface area (Å²) in [6.45, 7) is 1.63. The van der Waals surface area contributed by atoms with Crippen molar-refractivity contribution in [3.05, 3.63) is 35.6 Å². The molecule has 0 bridgehead atoms. The quantitative estimate of drug-likeness (QED) is 0.904. The summed E-state index contributed by atoms with van der Waals surface area (Å²) >= 11 is 1.31. The van der Waals surface area contributed by atoms with Gasteiger partial charge < -0.3 is 10.5 Å². The Bertz CT molecular complexity index is 503. The largest absolute Gasteiger partial charge is 0.367 e. The Morgan fingerprint density at radius 1 is 1.50 bits per heavy atom. The second kappa shape index (κ2) is 4.70. The first-order chi connectivity index (χ1) is 8.47. The fourth-order valence-electron chi connectivity index (χ4n) is 1.68. The Hall–Kier alpha value is -1.40. The Balaban J connectivity index is 2.36. The molecule has 1 aromatic rings. The number of nitrogens with two attached hydrogens (primary N) is 1. The highest BCUT2D eigenvalue weighted by Crippen LogP contribution is 2.38. The van der Waals surface area contributed by atoms with E-state index in [1.54, 1.807) is 19.1 Å². The van der Waals surface area contributed by atoms with E-state index in [4.69, 9.17) is 10.5 Å². The highest BCUT2D eigenvalue weighted by molar-refractivity contribution is 8.15. The number of hydrogen-bond donors (Lipinski definition) is 1. The molecule has 96 valence electrons. The zero-order valence-electron chi connectivity index (χ0n) is 10.0. The van der Waals surface area contributed by atoms with Gasteiger partial charge in [-0.15, -0.1) is 0 Å². The van der Waals surface area contributed by atoms with Crippen LogP contribution in [0.1, 0.15) is 12.5 Å². The monoisotopic (exact) mass is 268 g/mol. The van der Waals surface area contributed by atoms with Crippen LogP contribution in [0.2, 0.25) is 0 Å². The van der Waals surface area contributed by atoms with Gasteiger partial charge in [0.1, 0.15) is 16.3 Å². The second-order valence-electron chi connectivity index (χ2n) is 4.12. The van der Waals surface area contributed by atoms with Crippen molar-refractivity contribution in [3.8, 4) is 0 Å². The molecule has 4 nitrogen and oxygen atoms in total. The van der Waals surface area contributed by atoms with Gasteiger partial charge in [0.05, 0.1) is 0 Å². The number of methoxy groups -OCH3 is 1. The van der Waals surface area contributed by atoms with E-state index in [0.29, 0.717) is 5.04 Å². The van der Waals surface area contributed by atoms with E-state index >= 15 is 0 Å². The van der Waals surface area contributed by atoms with Gasteiger partial charge in [0, 0.05) is 12.7 Å². The van der Waals surface area contributed by atoms with Crippen LogP contribution in [-0.2, 0) is 9.53 Å². The van der Waals surface area contributed by atoms with Crippen LogP contribution in [0.3, 0.4) is 0 Å². The first-order valence-corrected chi connectivity index (χ1v) is 6.20. The maximum Gasteiger partial charge on any atom is 0.248 e. The predicted octanol–water partition coefficient (Wildman–Crippen LogP) is 1.54. The minimum absolute atomic E-state index is 0.316. The van der Waals surface area contributed by atoms with Crippen molar-refractivity contribution >= 4 is 22.7 Å². The number of aliphatic imine (C=N–C) groups is 1. The molecule has 2 atom stereocenters. The smallest absolute Gasteiger partial charge is 0.248 e. The van der Waals surface area contributed by atoms with Gasteiger partial charge in [-0.3, -0.25) is 9.79 Å². The maximum absolute atomic E-state index is 12.9. The molecular weight excluding hydrogens is 255 g/mol. The van der Waals surface area contributed by atoms with Crippen molar-refractivity contribution in [3.63, 3.8) is 0 Å². The normalized spacial score (nSPS) is 27.1. The van der Waals surface area contributed by atoms with Crippen LogP contribution in [0.25, 0.3) is 0 Å². The summed E-state index contributed by atoms with van der Waals surface area (Å²) in [5.41, 5.74) is 4.55. The molecule has 2 N–H and O–H groups in total. The van der Waals surface area contributed by atoms with Crippen LogP contribution in [0.15, 0.2) is 29.3 Å². The Kier molecular flexibility index (Phi) is 3.41. The summed E-state index contributed by atoms with van der Waals surface area (Å²) < 4.78 is 18.1. The molecule has 2 rings (SSSR count). The van der Waals surface area contributed by atoms with Crippen LogP contribution >= 0.6 is 11.8 Å². The molecule has 1 amide bonds. The summed E-state index contributed by atoms with van der Waals surface area (Å²) in [4.78, 5) is 15.8. The van der Waals surface area contributed by atoms with Gasteiger partial charge in [-0.2, -0.15) is 0 Å². The summed E-state index contributed by atoms with van der Waals surface area (Å²) in [7, 11) is 1.50. The molecule has 6 heteroatoms. The van der Waals surface area contributed by atoms with E-state index in [1.807, 2.05) is 0 Å². The van der Waals surface area contributed by atoms with Gasteiger partial charge in [-0.1, -0.05) is 11.8 Å². The molecule has 0 fully saturated rings. The fraction of sp³-hybridized carbons (Fsp3) is 0.333. The number of carbonyl (C=O) groups is 1. The number of primary amides is 1. The third-order valence-corrected chi connectivity index (χ3v) is 4.23. The average Bonchev–Trinajstić information content (AvgIpc) is 2.69. The predicted molar refractivity (Wildman–Crippen MR) is 68.9 cm³/mol. The van der Waals surface area contributed by atoms with Crippen LogP contribution in [0.5, 0.6) is 0 Å². The molecule has 1 unspecified atom stereocenters. The Morgan fingerprint density at radius 2 is 2.11 bits per heavy atom. The molecule has 1 aliphatic rings. The number of rotatable bonds is 3. The van der Waals surface area contributed by atoms with Crippen molar-refractivity contribution in [1.82, 2.24) is 0 Å². The minimum Gasteiger partial charge on any atom is -0.367 e. The van der Waals surface area contributed by atoms with Crippen LogP contribution in [-0.4, -0.2) is 29.0 Å². The lowest BCUT2D eigenvalue weighted by atomic mass is 10.0. The van der Waals surface area contributed by atoms with Crippen molar-refractivity contribution in [2.75, 3.05) is 7.11 Å². The molecule has 1 aliphatic heterocycles. The molecule has 1 aromatic carbocycles. The lowest BCUT2D eigenvalue weighted by Gasteiger charge is -2.22. The van der Waals surface area contributed by atoms with Gasteiger partial charge in [0.25, 0.3) is 0 Å². The van der Waals surface area contributed by atoms with E-state index in [-0.39, 0.29) is 5.82 Å². The molecule has 0 spiro atoms. The number of ether oxygens (including phenoxy) is 1. The highest BCUT2D eigenvalue weighted by Gasteiger charge is 2.46. The van der Waals surface area contributed by atoms with Crippen molar-refractivity contribution < 1.29 is 13.9 Å². The van der Waals surface area contributed by atoms with Gasteiger partial charge >= 0.3 is 0 Å². The van der Waals surface area contributed by atoms with E-state index in [2.05, 4.69) is 4.99 Å². The lowest BCUT2D eigenvalue weighted by molar-refractivity contribution is -0.124. The number of benzene rings is 1. The van der Waals surface area contributed by atoms with E-state index in [1.165, 1.54) is 31.0 Å². The highest BCUT2D eigenvalue weighted by atomic mass is 32.2. The number of hydrogen-bond acceptors (Lipinski definition) is 4. The third kappa shape index (κ3) is 2.13. The zero-order valence-corrected chi connectivity index (χ0v) is 10.8. The van der Waals surface area contributed by atoms with Gasteiger partial charge in [-0.05, 0) is 31.2 Å². The number of carbonyl (C=O) groups excluding carboxylic acids is 1. The number of thioether (sulfide) groups is 1. The number of nitrogens with zero attached hydrogens (tertiary/aromatic N) is 1. The molecular formula is C12H13FN2O2S. The third-order valence-electron chi connectivity index (χ3n) is 2.82. The lowest BCUT2D eigenvalue weighted by Crippen LogP contribution is -2.46. The first kappa shape index (κ1) is 13.0. The average molecular weight is 268 g/mol. The summed E-state index contributed by atoms with van der Waals surface area (Å²) in [6.07, 6.45) is 0. The van der Waals surface area contributed by atoms with Gasteiger partial charge in [0.15, 0.2) is 5.54 Å². The Morgan fingerprint density at radius 3 is 2.56 bits per heavy atom. The number of halogens is 1. The van der Waals surface area contributed by atoms with E-state index in [0.717, 1.165) is 5.56 Å². The van der Waals surface area contributed by atoms with Crippen LogP contribution in [0, 0.1) is 5.82 Å². The van der Waals surface area contributed by atoms with Gasteiger partial charge in [0.2, 0.25) is 5.91 Å².